The van der Waals surface area contributed by atoms with E-state index in [-0.39, 0.29) is 12.3 Å². The maximum atomic E-state index is 6.44. The lowest BCUT2D eigenvalue weighted by atomic mass is 9.96. The van der Waals surface area contributed by atoms with Crippen LogP contribution in [0.1, 0.15) is 47.9 Å². The highest BCUT2D eigenvalue weighted by molar-refractivity contribution is 9.10. The third kappa shape index (κ3) is 3.47. The molecule has 4 nitrogen and oxygen atoms in total. The van der Waals surface area contributed by atoms with Crippen molar-refractivity contribution in [2.45, 2.75) is 32.5 Å². The molecule has 2 aliphatic heterocycles. The number of benzene rings is 3. The van der Waals surface area contributed by atoms with Crippen LogP contribution in [0, 0.1) is 6.92 Å². The van der Waals surface area contributed by atoms with Gasteiger partial charge in [-0.25, -0.2) is 5.01 Å². The second-order valence-electron chi connectivity index (χ2n) is 7.67. The number of rotatable bonds is 4. The van der Waals surface area contributed by atoms with E-state index < -0.39 is 0 Å². The molecule has 0 N–H and O–H groups in total. The van der Waals surface area contributed by atoms with Crippen LogP contribution in [0.4, 0.5) is 0 Å². The van der Waals surface area contributed by atoms with Gasteiger partial charge >= 0.3 is 0 Å². The Morgan fingerprint density at radius 2 is 1.83 bits per heavy atom. The summed E-state index contributed by atoms with van der Waals surface area (Å²) in [7, 11) is 0. The first kappa shape index (κ1) is 19.2. The molecule has 0 saturated carbocycles. The van der Waals surface area contributed by atoms with Gasteiger partial charge in [-0.1, -0.05) is 45.8 Å². The first-order chi connectivity index (χ1) is 14.6. The largest absolute Gasteiger partial charge is 0.494 e. The zero-order chi connectivity index (χ0) is 20.7. The predicted octanol–water partition coefficient (Wildman–Crippen LogP) is 6.40. The van der Waals surface area contributed by atoms with Crippen LogP contribution in [0.5, 0.6) is 11.5 Å². The van der Waals surface area contributed by atoms with Crippen LogP contribution in [0.3, 0.4) is 0 Å². The van der Waals surface area contributed by atoms with Crippen molar-refractivity contribution in [2.24, 2.45) is 5.10 Å². The van der Waals surface area contributed by atoms with Gasteiger partial charge in [0.15, 0.2) is 0 Å². The van der Waals surface area contributed by atoms with Crippen molar-refractivity contribution in [1.82, 2.24) is 5.01 Å². The number of ether oxygens (including phenoxy) is 2. The number of nitrogens with zero attached hydrogens (tertiary/aromatic N) is 2. The summed E-state index contributed by atoms with van der Waals surface area (Å²) in [5.74, 6) is 1.81. The highest BCUT2D eigenvalue weighted by atomic mass is 79.9. The summed E-state index contributed by atoms with van der Waals surface area (Å²) in [6.07, 6.45) is 0.591. The van der Waals surface area contributed by atoms with Gasteiger partial charge in [-0.15, -0.1) is 0 Å². The molecule has 0 saturated heterocycles. The van der Waals surface area contributed by atoms with Crippen LogP contribution in [0.15, 0.2) is 76.3 Å². The summed E-state index contributed by atoms with van der Waals surface area (Å²) in [4.78, 5) is 0. The molecule has 0 aromatic heterocycles. The van der Waals surface area contributed by atoms with Crippen molar-refractivity contribution < 1.29 is 9.47 Å². The lowest BCUT2D eigenvalue weighted by molar-refractivity contribution is -0.0190. The SMILES string of the molecule is CCOc1ccc(C2=NN3C(C2)c2cc(Br)ccc2OC3c2ccc(C)cc2)cc1. The van der Waals surface area contributed by atoms with E-state index >= 15 is 0 Å². The van der Waals surface area contributed by atoms with Crippen molar-refractivity contribution in [2.75, 3.05) is 6.61 Å². The van der Waals surface area contributed by atoms with Crippen molar-refractivity contribution >= 4 is 21.6 Å². The van der Waals surface area contributed by atoms with E-state index in [1.54, 1.807) is 0 Å². The zero-order valence-electron chi connectivity index (χ0n) is 17.0. The molecule has 0 amide bonds. The number of hydrogen-bond donors (Lipinski definition) is 0. The molecular weight excluding hydrogens is 440 g/mol. The molecule has 30 heavy (non-hydrogen) atoms. The maximum Gasteiger partial charge on any atom is 0.213 e. The van der Waals surface area contributed by atoms with Crippen LogP contribution in [-0.2, 0) is 0 Å². The summed E-state index contributed by atoms with van der Waals surface area (Å²) in [5.41, 5.74) is 5.69. The molecule has 2 atom stereocenters. The number of hydrogen-bond acceptors (Lipinski definition) is 4. The lowest BCUT2D eigenvalue weighted by Gasteiger charge is -2.38. The molecule has 5 heteroatoms. The van der Waals surface area contributed by atoms with Crippen LogP contribution >= 0.6 is 15.9 Å². The smallest absolute Gasteiger partial charge is 0.213 e. The minimum atomic E-state index is -0.246. The molecular formula is C25H23BrN2O2. The summed E-state index contributed by atoms with van der Waals surface area (Å²) >= 11 is 3.61. The Morgan fingerprint density at radius 1 is 1.07 bits per heavy atom. The second-order valence-corrected chi connectivity index (χ2v) is 8.58. The van der Waals surface area contributed by atoms with E-state index in [9.17, 15) is 0 Å². The minimum Gasteiger partial charge on any atom is -0.494 e. The third-order valence-corrected chi connectivity index (χ3v) is 6.11. The molecule has 3 aromatic carbocycles. The van der Waals surface area contributed by atoms with Gasteiger partial charge < -0.3 is 9.47 Å². The standard InChI is InChI=1S/C25H23BrN2O2/c1-3-29-20-11-8-17(9-12-20)22-15-23-21-14-19(26)10-13-24(21)30-25(28(23)27-22)18-6-4-16(2)5-7-18/h4-14,23,25H,3,15H2,1-2H3. The van der Waals surface area contributed by atoms with Gasteiger partial charge in [0.1, 0.15) is 11.5 Å². The van der Waals surface area contributed by atoms with Gasteiger partial charge in [0.25, 0.3) is 0 Å². The van der Waals surface area contributed by atoms with Gasteiger partial charge in [0.2, 0.25) is 6.23 Å². The van der Waals surface area contributed by atoms with Gasteiger partial charge in [-0.3, -0.25) is 0 Å². The number of hydrazone groups is 1. The van der Waals surface area contributed by atoms with Crippen LogP contribution in [0.25, 0.3) is 0 Å². The highest BCUT2D eigenvalue weighted by Crippen LogP contribution is 2.48. The van der Waals surface area contributed by atoms with Crippen molar-refractivity contribution in [3.8, 4) is 11.5 Å². The summed E-state index contributed by atoms with van der Waals surface area (Å²) in [6.45, 7) is 4.75. The number of halogens is 1. The summed E-state index contributed by atoms with van der Waals surface area (Å²) in [5, 5.41) is 7.15. The van der Waals surface area contributed by atoms with E-state index in [0.29, 0.717) is 6.61 Å². The molecule has 0 spiro atoms. The second kappa shape index (κ2) is 7.80. The van der Waals surface area contributed by atoms with Crippen LogP contribution in [0.2, 0.25) is 0 Å². The minimum absolute atomic E-state index is 0.138. The Kier molecular flexibility index (Phi) is 4.99. The van der Waals surface area contributed by atoms with E-state index in [0.717, 1.165) is 44.8 Å². The fourth-order valence-electron chi connectivity index (χ4n) is 4.09. The molecule has 152 valence electrons. The average molecular weight is 463 g/mol. The molecule has 0 aliphatic carbocycles. The summed E-state index contributed by atoms with van der Waals surface area (Å²) < 4.78 is 13.1. The fraction of sp³-hybridized carbons (Fsp3) is 0.240. The fourth-order valence-corrected chi connectivity index (χ4v) is 4.47. The molecule has 2 heterocycles. The average Bonchev–Trinajstić information content (AvgIpc) is 3.21. The normalized spacial score (nSPS) is 19.6. The zero-order valence-corrected chi connectivity index (χ0v) is 18.6. The number of fused-ring (bicyclic) bond motifs is 3. The molecule has 0 bridgehead atoms. The molecule has 0 radical (unpaired) electrons. The van der Waals surface area contributed by atoms with Gasteiger partial charge in [-0.2, -0.15) is 5.10 Å². The van der Waals surface area contributed by atoms with E-state index in [1.165, 1.54) is 5.56 Å². The highest BCUT2D eigenvalue weighted by Gasteiger charge is 2.41. The predicted molar refractivity (Wildman–Crippen MR) is 122 cm³/mol. The van der Waals surface area contributed by atoms with E-state index in [2.05, 4.69) is 70.3 Å². The lowest BCUT2D eigenvalue weighted by Crippen LogP contribution is -2.33. The Bertz CT molecular complexity index is 1090. The Morgan fingerprint density at radius 3 is 2.57 bits per heavy atom. The molecule has 5 rings (SSSR count). The van der Waals surface area contributed by atoms with Crippen molar-refractivity contribution in [1.29, 1.82) is 0 Å². The maximum absolute atomic E-state index is 6.44. The number of aryl methyl sites for hydroxylation is 1. The third-order valence-electron chi connectivity index (χ3n) is 5.61. The Labute approximate surface area is 185 Å². The van der Waals surface area contributed by atoms with Crippen LogP contribution < -0.4 is 9.47 Å². The van der Waals surface area contributed by atoms with Crippen molar-refractivity contribution in [3.63, 3.8) is 0 Å². The monoisotopic (exact) mass is 462 g/mol. The Balaban J connectivity index is 1.54. The first-order valence-electron chi connectivity index (χ1n) is 10.2. The van der Waals surface area contributed by atoms with E-state index in [4.69, 9.17) is 14.6 Å². The molecule has 2 unspecified atom stereocenters. The molecule has 0 fully saturated rings. The molecule has 3 aromatic rings. The van der Waals surface area contributed by atoms with Crippen LogP contribution in [-0.4, -0.2) is 17.3 Å². The summed E-state index contributed by atoms with van der Waals surface area (Å²) in [6, 6.07) is 23.1. The van der Waals surface area contributed by atoms with Crippen molar-refractivity contribution in [3.05, 3.63) is 93.5 Å². The van der Waals surface area contributed by atoms with E-state index in [1.807, 2.05) is 31.2 Å². The molecule has 2 aliphatic rings. The Hall–Kier alpha value is -2.79. The van der Waals surface area contributed by atoms with Gasteiger partial charge in [0, 0.05) is 22.0 Å². The van der Waals surface area contributed by atoms with Gasteiger partial charge in [0.05, 0.1) is 18.4 Å². The topological polar surface area (TPSA) is 34.1 Å². The quantitative estimate of drug-likeness (QED) is 0.449. The first-order valence-corrected chi connectivity index (χ1v) is 11.0. The van der Waals surface area contributed by atoms with Gasteiger partial charge in [-0.05, 0) is 61.9 Å².